The van der Waals surface area contributed by atoms with Crippen LogP contribution in [0.15, 0.2) is 54.6 Å². The quantitative estimate of drug-likeness (QED) is 0.461. The normalized spacial score (nSPS) is 12.7. The predicted molar refractivity (Wildman–Crippen MR) is 103 cm³/mol. The number of hydrogen-bond donors (Lipinski definition) is 2. The fourth-order valence-corrected chi connectivity index (χ4v) is 2.55. The van der Waals surface area contributed by atoms with Gasteiger partial charge in [-0.1, -0.05) is 30.3 Å². The summed E-state index contributed by atoms with van der Waals surface area (Å²) in [6.07, 6.45) is -0.0594. The minimum atomic E-state index is -1.36. The second kappa shape index (κ2) is 10.2. The highest BCUT2D eigenvalue weighted by molar-refractivity contribution is 5.95. The van der Waals surface area contributed by atoms with Gasteiger partial charge in [-0.3, -0.25) is 19.7 Å². The van der Waals surface area contributed by atoms with E-state index in [4.69, 9.17) is 4.84 Å². The molecule has 1 amide bonds. The second-order valence-electron chi connectivity index (χ2n) is 6.48. The highest BCUT2D eigenvalue weighted by Gasteiger charge is 2.32. The molecular weight excluding hydrogens is 380 g/mol. The van der Waals surface area contributed by atoms with Crippen LogP contribution in [-0.4, -0.2) is 50.8 Å². The first-order chi connectivity index (χ1) is 13.8. The smallest absolute Gasteiger partial charge is 0.329 e. The number of phenols is 1. The number of benzene rings is 2. The Morgan fingerprint density at radius 1 is 1.14 bits per heavy atom. The van der Waals surface area contributed by atoms with Crippen LogP contribution in [0.4, 0.5) is 0 Å². The van der Waals surface area contributed by atoms with Crippen LogP contribution in [0.3, 0.4) is 0 Å². The molecule has 0 saturated heterocycles. The number of aromatic hydroxyl groups is 1. The first kappa shape index (κ1) is 21.8. The summed E-state index contributed by atoms with van der Waals surface area (Å²) in [5, 5.41) is 30.7. The number of rotatable bonds is 10. The molecule has 9 nitrogen and oxygen atoms in total. The topological polar surface area (TPSA) is 130 Å². The zero-order valence-electron chi connectivity index (χ0n) is 15.8. The molecule has 0 aliphatic carbocycles. The fourth-order valence-electron chi connectivity index (χ4n) is 2.55. The Balaban J connectivity index is 2.26. The molecule has 0 aliphatic rings. The highest BCUT2D eigenvalue weighted by Crippen LogP contribution is 2.17. The Kier molecular flexibility index (Phi) is 7.67. The van der Waals surface area contributed by atoms with Crippen LogP contribution < -0.4 is 0 Å². The van der Waals surface area contributed by atoms with Crippen molar-refractivity contribution in [2.75, 3.05) is 6.61 Å². The third-order valence-corrected chi connectivity index (χ3v) is 4.28. The predicted octanol–water partition coefficient (Wildman–Crippen LogP) is 2.52. The van der Waals surface area contributed by atoms with Crippen LogP contribution in [0.25, 0.3) is 0 Å². The van der Waals surface area contributed by atoms with Gasteiger partial charge < -0.3 is 10.2 Å². The summed E-state index contributed by atoms with van der Waals surface area (Å²) in [6.45, 7) is 1.21. The molecule has 29 heavy (non-hydrogen) atoms. The summed E-state index contributed by atoms with van der Waals surface area (Å²) in [5.74, 6) is -1.92. The van der Waals surface area contributed by atoms with Crippen molar-refractivity contribution in [3.8, 4) is 5.75 Å². The maximum atomic E-state index is 12.9. The van der Waals surface area contributed by atoms with Gasteiger partial charge in [0.1, 0.15) is 5.75 Å². The third-order valence-electron chi connectivity index (χ3n) is 4.28. The number of amides is 1. The molecule has 2 aromatic rings. The van der Waals surface area contributed by atoms with Crippen molar-refractivity contribution in [2.24, 2.45) is 0 Å². The first-order valence-corrected chi connectivity index (χ1v) is 8.95. The average molecular weight is 402 g/mol. The van der Waals surface area contributed by atoms with Crippen molar-refractivity contribution in [1.29, 1.82) is 0 Å². The number of nitrogens with zero attached hydrogens (tertiary/aromatic N) is 2. The van der Waals surface area contributed by atoms with E-state index in [1.807, 2.05) is 0 Å². The van der Waals surface area contributed by atoms with Crippen LogP contribution >= 0.6 is 0 Å². The molecule has 2 N–H and O–H groups in total. The molecule has 0 spiro atoms. The number of carboxylic acids is 1. The first-order valence-electron chi connectivity index (χ1n) is 8.95. The molecule has 0 fully saturated rings. The molecule has 0 saturated carbocycles. The van der Waals surface area contributed by atoms with Gasteiger partial charge in [-0.15, -0.1) is 0 Å². The molecule has 0 aromatic heterocycles. The Morgan fingerprint density at radius 3 is 2.31 bits per heavy atom. The monoisotopic (exact) mass is 402 g/mol. The van der Waals surface area contributed by atoms with Crippen molar-refractivity contribution >= 4 is 11.9 Å². The summed E-state index contributed by atoms with van der Waals surface area (Å²) in [5.41, 5.74) is 0.801. The number of hydrogen-bond acceptors (Lipinski definition) is 6. The third kappa shape index (κ3) is 6.28. The maximum absolute atomic E-state index is 12.9. The summed E-state index contributed by atoms with van der Waals surface area (Å²) >= 11 is 0. The van der Waals surface area contributed by atoms with Gasteiger partial charge in [0.2, 0.25) is 6.04 Å². The van der Waals surface area contributed by atoms with Gasteiger partial charge in [0, 0.05) is 30.3 Å². The lowest BCUT2D eigenvalue weighted by molar-refractivity contribution is -0.519. The van der Waals surface area contributed by atoms with E-state index in [1.54, 1.807) is 30.3 Å². The van der Waals surface area contributed by atoms with E-state index in [0.29, 0.717) is 5.56 Å². The summed E-state index contributed by atoms with van der Waals surface area (Å²) in [6, 6.07) is 11.7. The van der Waals surface area contributed by atoms with Gasteiger partial charge in [0.05, 0.1) is 6.61 Å². The van der Waals surface area contributed by atoms with E-state index in [9.17, 15) is 29.9 Å². The van der Waals surface area contributed by atoms with Gasteiger partial charge >= 0.3 is 5.97 Å². The Hall–Kier alpha value is -3.46. The number of phenolic OH excluding ortho intramolecular Hbond substituents is 1. The summed E-state index contributed by atoms with van der Waals surface area (Å²) in [7, 11) is 0. The van der Waals surface area contributed by atoms with Crippen LogP contribution in [0.5, 0.6) is 5.75 Å². The Bertz CT molecular complexity index is 840. The van der Waals surface area contributed by atoms with Crippen molar-refractivity contribution in [3.05, 3.63) is 75.8 Å². The number of aliphatic carboxylic acids is 1. The molecule has 0 bridgehead atoms. The minimum Gasteiger partial charge on any atom is -0.508 e. The van der Waals surface area contributed by atoms with Crippen molar-refractivity contribution in [2.45, 2.75) is 31.8 Å². The van der Waals surface area contributed by atoms with Gasteiger partial charge in [-0.2, -0.15) is 0 Å². The van der Waals surface area contributed by atoms with Crippen LogP contribution in [0, 0.1) is 10.1 Å². The number of hydroxylamine groups is 2. The molecule has 2 atom stereocenters. The van der Waals surface area contributed by atoms with E-state index < -0.39 is 28.9 Å². The van der Waals surface area contributed by atoms with Gasteiger partial charge in [-0.05, 0) is 29.8 Å². The van der Waals surface area contributed by atoms with Gasteiger partial charge in [-0.25, -0.2) is 9.86 Å². The molecule has 0 aliphatic heterocycles. The minimum absolute atomic E-state index is 0.0110. The SMILES string of the molecule is CC(CCON(C(=O)c1ccccc1)[C@H](Cc1ccc(O)cc1)C(=O)O)[N+](=O)[O-]. The van der Waals surface area contributed by atoms with E-state index >= 15 is 0 Å². The van der Waals surface area contributed by atoms with Crippen molar-refractivity contribution in [1.82, 2.24) is 5.06 Å². The molecule has 2 aromatic carbocycles. The zero-order valence-corrected chi connectivity index (χ0v) is 15.8. The van der Waals surface area contributed by atoms with Crippen LogP contribution in [0.1, 0.15) is 29.3 Å². The highest BCUT2D eigenvalue weighted by atomic mass is 16.7. The molecule has 0 heterocycles. The maximum Gasteiger partial charge on any atom is 0.329 e. The number of carbonyl (C=O) groups excluding carboxylic acids is 1. The second-order valence-corrected chi connectivity index (χ2v) is 6.48. The molecular formula is C20H22N2O7. The van der Waals surface area contributed by atoms with E-state index in [2.05, 4.69) is 0 Å². The Labute approximate surface area is 167 Å². The standard InChI is InChI=1S/C20H22N2O7/c1-14(22(27)28)11-12-29-21(19(24)16-5-3-2-4-6-16)18(20(25)26)13-15-7-9-17(23)10-8-15/h2-10,14,18,23H,11-13H2,1H3,(H,25,26)/t14?,18-/m1/s1. The van der Waals surface area contributed by atoms with Gasteiger partial charge in [0.15, 0.2) is 6.04 Å². The zero-order chi connectivity index (χ0) is 21.4. The largest absolute Gasteiger partial charge is 0.508 e. The molecule has 9 heteroatoms. The van der Waals surface area contributed by atoms with E-state index in [-0.39, 0.29) is 30.8 Å². The summed E-state index contributed by atoms with van der Waals surface area (Å²) < 4.78 is 0. The molecule has 0 radical (unpaired) electrons. The summed E-state index contributed by atoms with van der Waals surface area (Å²) in [4.78, 5) is 40.6. The van der Waals surface area contributed by atoms with Crippen LogP contribution in [-0.2, 0) is 16.1 Å². The van der Waals surface area contributed by atoms with E-state index in [1.165, 1.54) is 31.2 Å². The fraction of sp³-hybridized carbons (Fsp3) is 0.300. The number of carbonyl (C=O) groups is 2. The van der Waals surface area contributed by atoms with Crippen molar-refractivity contribution < 1.29 is 29.6 Å². The lowest BCUT2D eigenvalue weighted by atomic mass is 10.0. The molecule has 154 valence electrons. The van der Waals surface area contributed by atoms with Crippen LogP contribution in [0.2, 0.25) is 0 Å². The van der Waals surface area contributed by atoms with Gasteiger partial charge in [0.25, 0.3) is 5.91 Å². The van der Waals surface area contributed by atoms with E-state index in [0.717, 1.165) is 5.06 Å². The molecule has 2 rings (SSSR count). The number of nitro groups is 1. The average Bonchev–Trinajstić information content (AvgIpc) is 2.71. The Morgan fingerprint density at radius 2 is 1.76 bits per heavy atom. The molecule has 1 unspecified atom stereocenters. The van der Waals surface area contributed by atoms with Crippen molar-refractivity contribution in [3.63, 3.8) is 0 Å². The lowest BCUT2D eigenvalue weighted by Crippen LogP contribution is -2.46. The number of carboxylic acid groups (broad SMARTS) is 1. The lowest BCUT2D eigenvalue weighted by Gasteiger charge is -2.28.